The van der Waals surface area contributed by atoms with Crippen LogP contribution in [0.1, 0.15) is 24.0 Å². The highest BCUT2D eigenvalue weighted by atomic mass is 16.5. The van der Waals surface area contributed by atoms with Crippen molar-refractivity contribution in [3.8, 4) is 0 Å². The van der Waals surface area contributed by atoms with Crippen molar-refractivity contribution < 1.29 is 23.9 Å². The van der Waals surface area contributed by atoms with Gasteiger partial charge in [0.15, 0.2) is 0 Å². The average molecular weight is 563 g/mol. The highest BCUT2D eigenvalue weighted by Gasteiger charge is 2.50. The van der Waals surface area contributed by atoms with Crippen LogP contribution in [0.4, 0.5) is 9.59 Å². The Morgan fingerprint density at radius 2 is 1.71 bits per heavy atom. The minimum Gasteiger partial charge on any atom is -0.445 e. The molecule has 2 saturated heterocycles. The Morgan fingerprint density at radius 1 is 1.02 bits per heavy atom. The van der Waals surface area contributed by atoms with Crippen molar-refractivity contribution in [1.82, 2.24) is 30.5 Å². The van der Waals surface area contributed by atoms with E-state index in [9.17, 15) is 19.2 Å². The maximum absolute atomic E-state index is 13.8. The van der Waals surface area contributed by atoms with Gasteiger partial charge < -0.3 is 25.2 Å². The number of hydrogen-bond donors (Lipinski definition) is 2. The number of likely N-dealkylation sites (N-methyl/N-ethyl adjacent to an activating group) is 1. The number of carbonyl (C=O) groups is 4. The number of ether oxygens (including phenoxy) is 1. The minimum absolute atomic E-state index is 0.0326. The van der Waals surface area contributed by atoms with Crippen LogP contribution in [0.3, 0.4) is 0 Å². The van der Waals surface area contributed by atoms with E-state index in [1.807, 2.05) is 60.7 Å². The summed E-state index contributed by atoms with van der Waals surface area (Å²) in [6, 6.07) is 18.4. The zero-order chi connectivity index (χ0) is 29.2. The number of nitrogens with zero attached hydrogens (tertiary/aromatic N) is 4. The molecule has 2 aromatic carbocycles. The second-order valence-electron chi connectivity index (χ2n) is 10.1. The summed E-state index contributed by atoms with van der Waals surface area (Å²) in [5.41, 5.74) is 2.05. The molecule has 5 amide bonds. The van der Waals surface area contributed by atoms with E-state index in [0.29, 0.717) is 32.4 Å². The zero-order valence-electron chi connectivity index (χ0n) is 23.4. The molecule has 0 bridgehead atoms. The molecule has 11 nitrogen and oxygen atoms in total. The van der Waals surface area contributed by atoms with Gasteiger partial charge in [-0.25, -0.2) is 19.6 Å². The van der Waals surface area contributed by atoms with Gasteiger partial charge in [-0.2, -0.15) is 0 Å². The topological polar surface area (TPSA) is 115 Å². The van der Waals surface area contributed by atoms with Gasteiger partial charge in [-0.05, 0) is 30.4 Å². The molecule has 2 fully saturated rings. The molecule has 41 heavy (non-hydrogen) atoms. The van der Waals surface area contributed by atoms with E-state index in [-0.39, 0.29) is 44.1 Å². The first-order valence-corrected chi connectivity index (χ1v) is 13.9. The van der Waals surface area contributed by atoms with Gasteiger partial charge in [-0.3, -0.25) is 9.59 Å². The maximum atomic E-state index is 13.8. The van der Waals surface area contributed by atoms with Crippen molar-refractivity contribution >= 4 is 23.9 Å². The third-order valence-electron chi connectivity index (χ3n) is 7.20. The van der Waals surface area contributed by atoms with E-state index >= 15 is 0 Å². The highest BCUT2D eigenvalue weighted by molar-refractivity contribution is 5.91. The van der Waals surface area contributed by atoms with E-state index in [1.165, 1.54) is 6.08 Å². The molecule has 0 spiro atoms. The molecule has 0 radical (unpaired) electrons. The summed E-state index contributed by atoms with van der Waals surface area (Å²) < 4.78 is 4.94. The molecular weight excluding hydrogens is 524 g/mol. The largest absolute Gasteiger partial charge is 0.445 e. The van der Waals surface area contributed by atoms with E-state index < -0.39 is 18.3 Å². The molecule has 0 saturated carbocycles. The fourth-order valence-corrected chi connectivity index (χ4v) is 5.22. The molecule has 0 unspecified atom stereocenters. The van der Waals surface area contributed by atoms with E-state index in [2.05, 4.69) is 17.2 Å². The molecule has 0 aliphatic carbocycles. The Bertz CT molecular complexity index is 1210. The van der Waals surface area contributed by atoms with Gasteiger partial charge in [0, 0.05) is 26.7 Å². The number of piperazine rings is 1. The minimum atomic E-state index is -0.763. The van der Waals surface area contributed by atoms with E-state index in [0.717, 1.165) is 11.1 Å². The fraction of sp³-hybridized carbons (Fsp3) is 0.400. The lowest BCUT2D eigenvalue weighted by Crippen LogP contribution is -2.76. The molecule has 11 heteroatoms. The first kappa shape index (κ1) is 29.6. The van der Waals surface area contributed by atoms with Gasteiger partial charge >= 0.3 is 12.1 Å². The van der Waals surface area contributed by atoms with E-state index in [1.54, 1.807) is 26.9 Å². The standard InChI is InChI=1S/C30H38N6O5/c1-3-19-41-30(40)31-17-10-15-25-28(38)34(18-16-23-11-6-4-7-12-23)21-26-35(25)27(37)22-33(2)36(26)29(39)32-20-24-13-8-5-9-14-24/h3-9,11-14,25-26H,1,10,15-22H2,2H3,(H,31,40)(H,32,39)/t25-,26-/m0/s1. The Labute approximate surface area is 240 Å². The Kier molecular flexibility index (Phi) is 10.3. The monoisotopic (exact) mass is 562 g/mol. The molecular formula is C30H38N6O5. The lowest BCUT2D eigenvalue weighted by atomic mass is 10.0. The molecule has 2 N–H and O–H groups in total. The van der Waals surface area contributed by atoms with Crippen LogP contribution in [0.5, 0.6) is 0 Å². The van der Waals surface area contributed by atoms with Crippen LogP contribution >= 0.6 is 0 Å². The molecule has 2 atom stereocenters. The second-order valence-corrected chi connectivity index (χ2v) is 10.1. The van der Waals surface area contributed by atoms with Crippen molar-refractivity contribution in [3.63, 3.8) is 0 Å². The van der Waals surface area contributed by atoms with Crippen LogP contribution in [-0.2, 0) is 27.3 Å². The summed E-state index contributed by atoms with van der Waals surface area (Å²) in [6.45, 7) is 4.84. The summed E-state index contributed by atoms with van der Waals surface area (Å²) in [7, 11) is 1.70. The van der Waals surface area contributed by atoms with Gasteiger partial charge in [0.25, 0.3) is 0 Å². The number of rotatable bonds is 11. The summed E-state index contributed by atoms with van der Waals surface area (Å²) in [6.07, 6.45) is 1.66. The van der Waals surface area contributed by atoms with Gasteiger partial charge in [0.2, 0.25) is 11.8 Å². The maximum Gasteiger partial charge on any atom is 0.407 e. The summed E-state index contributed by atoms with van der Waals surface area (Å²) in [4.78, 5) is 55.7. The normalized spacial score (nSPS) is 19.0. The van der Waals surface area contributed by atoms with Crippen LogP contribution < -0.4 is 10.6 Å². The Morgan fingerprint density at radius 3 is 2.39 bits per heavy atom. The van der Waals surface area contributed by atoms with Gasteiger partial charge in [0.05, 0.1) is 13.1 Å². The lowest BCUT2D eigenvalue weighted by molar-refractivity contribution is -0.187. The first-order chi connectivity index (χ1) is 19.9. The predicted octanol–water partition coefficient (Wildman–Crippen LogP) is 2.36. The number of nitrogens with one attached hydrogen (secondary N) is 2. The number of hydrazine groups is 1. The quantitative estimate of drug-likeness (QED) is 0.321. The third kappa shape index (κ3) is 7.63. The fourth-order valence-electron chi connectivity index (χ4n) is 5.22. The SMILES string of the molecule is C=CCOC(=O)NCCC[C@H]1C(=O)N(CCc2ccccc2)C[C@H]2N1C(=O)CN(C)N2C(=O)NCc1ccccc1. The molecule has 0 aromatic heterocycles. The number of benzene rings is 2. The number of urea groups is 1. The number of alkyl carbamates (subject to hydrolysis) is 1. The summed E-state index contributed by atoms with van der Waals surface area (Å²) in [5.74, 6) is -0.377. The average Bonchev–Trinajstić information content (AvgIpc) is 2.98. The van der Waals surface area contributed by atoms with E-state index in [4.69, 9.17) is 4.74 Å². The number of amides is 5. The van der Waals surface area contributed by atoms with Gasteiger partial charge in [-0.15, -0.1) is 0 Å². The Balaban J connectivity index is 1.51. The highest BCUT2D eigenvalue weighted by Crippen LogP contribution is 2.28. The zero-order valence-corrected chi connectivity index (χ0v) is 23.4. The third-order valence-corrected chi connectivity index (χ3v) is 7.20. The summed E-state index contributed by atoms with van der Waals surface area (Å²) in [5, 5.41) is 8.78. The van der Waals surface area contributed by atoms with Crippen molar-refractivity contribution in [3.05, 3.63) is 84.4 Å². The van der Waals surface area contributed by atoms with Crippen LogP contribution in [0, 0.1) is 0 Å². The van der Waals surface area contributed by atoms with Crippen LogP contribution in [0.15, 0.2) is 73.3 Å². The molecule has 2 aromatic rings. The van der Waals surface area contributed by atoms with Gasteiger partial charge in [0.1, 0.15) is 18.8 Å². The number of carbonyl (C=O) groups excluding carboxylic acids is 4. The van der Waals surface area contributed by atoms with Crippen LogP contribution in [0.25, 0.3) is 0 Å². The van der Waals surface area contributed by atoms with Crippen molar-refractivity contribution in [2.24, 2.45) is 0 Å². The van der Waals surface area contributed by atoms with Crippen LogP contribution in [0.2, 0.25) is 0 Å². The number of fused-ring (bicyclic) bond motifs is 1. The van der Waals surface area contributed by atoms with Gasteiger partial charge in [-0.1, -0.05) is 73.3 Å². The predicted molar refractivity (Wildman–Crippen MR) is 153 cm³/mol. The molecule has 2 heterocycles. The molecule has 2 aliphatic rings. The molecule has 4 rings (SSSR count). The molecule has 2 aliphatic heterocycles. The van der Waals surface area contributed by atoms with Crippen LogP contribution in [-0.4, -0.2) is 95.8 Å². The Hall–Kier alpha value is -4.38. The first-order valence-electron chi connectivity index (χ1n) is 13.9. The second kappa shape index (κ2) is 14.3. The smallest absolute Gasteiger partial charge is 0.407 e. The molecule has 218 valence electrons. The lowest BCUT2D eigenvalue weighted by Gasteiger charge is -2.54. The van der Waals surface area contributed by atoms with Crippen molar-refractivity contribution in [1.29, 1.82) is 0 Å². The number of hydrogen-bond acceptors (Lipinski definition) is 6. The van der Waals surface area contributed by atoms with Crippen molar-refractivity contribution in [2.45, 2.75) is 38.0 Å². The van der Waals surface area contributed by atoms with Crippen molar-refractivity contribution in [2.75, 3.05) is 39.8 Å². The summed E-state index contributed by atoms with van der Waals surface area (Å²) >= 11 is 0.